The zero-order chi connectivity index (χ0) is 41.0. The third-order valence-electron chi connectivity index (χ3n) is 9.63. The second-order valence-electron chi connectivity index (χ2n) is 13.6. The lowest BCUT2D eigenvalue weighted by molar-refractivity contribution is -0.224. The zero-order valence-electron chi connectivity index (χ0n) is 32.0. The molecule has 0 N–H and O–H groups in total. The van der Waals surface area contributed by atoms with Gasteiger partial charge in [0.15, 0.2) is 24.8 Å². The van der Waals surface area contributed by atoms with E-state index in [1.807, 2.05) is 30.3 Å². The third kappa shape index (κ3) is 10.5. The van der Waals surface area contributed by atoms with Gasteiger partial charge in [0.1, 0.15) is 37.6 Å². The molecule has 8 atom stereocenters. The van der Waals surface area contributed by atoms with Gasteiger partial charge in [-0.15, -0.1) is 0 Å². The molecule has 0 aliphatic carbocycles. The molecule has 2 heterocycles. The van der Waals surface area contributed by atoms with Gasteiger partial charge in [0.2, 0.25) is 0 Å². The SMILES string of the molecule is CO[C@H]1O[C@H](COC(=O)c2ccccc2)[C@@H](O[C@H]2O[C@H](COC(=O)c3ccccc3)[C@@H](OC(=O)c3ccccc3)[C@@H]2OCc2ccccc2)[C@@H]1OC(=O)c1ccccc1. The lowest BCUT2D eigenvalue weighted by atomic mass is 10.1. The molecule has 2 aliphatic heterocycles. The van der Waals surface area contributed by atoms with Crippen LogP contribution in [0.15, 0.2) is 152 Å². The smallest absolute Gasteiger partial charge is 0.338 e. The molecule has 7 rings (SSSR count). The summed E-state index contributed by atoms with van der Waals surface area (Å²) in [6, 6.07) is 42.8. The van der Waals surface area contributed by atoms with Crippen molar-refractivity contribution in [3.05, 3.63) is 179 Å². The monoisotopic (exact) mass is 802 g/mol. The quantitative estimate of drug-likeness (QED) is 0.0821. The minimum atomic E-state index is -1.36. The maximum absolute atomic E-state index is 13.7. The summed E-state index contributed by atoms with van der Waals surface area (Å²) >= 11 is 0. The van der Waals surface area contributed by atoms with E-state index in [0.29, 0.717) is 11.1 Å². The average molecular weight is 803 g/mol. The Labute approximate surface area is 340 Å². The van der Waals surface area contributed by atoms with E-state index in [1.54, 1.807) is 121 Å². The minimum Gasteiger partial charge on any atom is -0.459 e. The van der Waals surface area contributed by atoms with Gasteiger partial charge in [-0.3, -0.25) is 0 Å². The van der Waals surface area contributed by atoms with Gasteiger partial charge in [-0.25, -0.2) is 19.2 Å². The van der Waals surface area contributed by atoms with Gasteiger partial charge >= 0.3 is 23.9 Å². The molecule has 0 radical (unpaired) electrons. The first-order valence-corrected chi connectivity index (χ1v) is 19.0. The van der Waals surface area contributed by atoms with Crippen LogP contribution >= 0.6 is 0 Å². The van der Waals surface area contributed by atoms with Gasteiger partial charge in [0, 0.05) is 7.11 Å². The van der Waals surface area contributed by atoms with Crippen molar-refractivity contribution in [3.63, 3.8) is 0 Å². The van der Waals surface area contributed by atoms with E-state index < -0.39 is 73.1 Å². The van der Waals surface area contributed by atoms with Crippen molar-refractivity contribution in [1.82, 2.24) is 0 Å². The number of methoxy groups -OCH3 is 1. The fourth-order valence-corrected chi connectivity index (χ4v) is 6.64. The normalized spacial score (nSPS) is 23.5. The highest BCUT2D eigenvalue weighted by Crippen LogP contribution is 2.36. The molecular weight excluding hydrogens is 760 g/mol. The number of hydrogen-bond acceptors (Lipinski definition) is 13. The van der Waals surface area contributed by atoms with Crippen molar-refractivity contribution in [1.29, 1.82) is 0 Å². The molecule has 0 saturated carbocycles. The summed E-state index contributed by atoms with van der Waals surface area (Å²) in [4.78, 5) is 53.4. The predicted molar refractivity (Wildman–Crippen MR) is 209 cm³/mol. The Morgan fingerprint density at radius 3 is 1.31 bits per heavy atom. The zero-order valence-corrected chi connectivity index (χ0v) is 32.0. The Kier molecular flexibility index (Phi) is 13.9. The maximum Gasteiger partial charge on any atom is 0.338 e. The highest BCUT2D eigenvalue weighted by Gasteiger charge is 2.55. The van der Waals surface area contributed by atoms with Crippen LogP contribution in [0.5, 0.6) is 0 Å². The molecule has 0 aromatic heterocycles. The van der Waals surface area contributed by atoms with Crippen LogP contribution in [-0.4, -0.2) is 93.4 Å². The summed E-state index contributed by atoms with van der Waals surface area (Å²) in [7, 11) is 1.37. The molecule has 5 aromatic rings. The molecular formula is C46H42O13. The first-order chi connectivity index (χ1) is 28.9. The summed E-state index contributed by atoms with van der Waals surface area (Å²) in [5, 5.41) is 0. The van der Waals surface area contributed by atoms with Crippen molar-refractivity contribution < 1.29 is 61.8 Å². The summed E-state index contributed by atoms with van der Waals surface area (Å²) in [5.74, 6) is -2.63. The molecule has 0 spiro atoms. The highest BCUT2D eigenvalue weighted by atomic mass is 16.8. The van der Waals surface area contributed by atoms with Crippen LogP contribution in [-0.2, 0) is 49.2 Å². The van der Waals surface area contributed by atoms with Crippen molar-refractivity contribution in [2.45, 2.75) is 55.8 Å². The molecule has 13 nitrogen and oxygen atoms in total. The van der Waals surface area contributed by atoms with Crippen molar-refractivity contribution in [2.75, 3.05) is 20.3 Å². The summed E-state index contributed by atoms with van der Waals surface area (Å²) in [6.07, 6.45) is -9.49. The van der Waals surface area contributed by atoms with E-state index in [4.69, 9.17) is 42.6 Å². The number of carbonyl (C=O) groups is 4. The van der Waals surface area contributed by atoms with E-state index in [1.165, 1.54) is 7.11 Å². The molecule has 2 saturated heterocycles. The Hall–Kier alpha value is -6.22. The predicted octanol–water partition coefficient (Wildman–Crippen LogP) is 6.22. The molecule has 2 fully saturated rings. The maximum atomic E-state index is 13.7. The molecule has 0 amide bonds. The second-order valence-corrected chi connectivity index (χ2v) is 13.6. The molecule has 13 heteroatoms. The van der Waals surface area contributed by atoms with Crippen molar-refractivity contribution in [2.24, 2.45) is 0 Å². The number of benzene rings is 5. The van der Waals surface area contributed by atoms with Crippen LogP contribution in [0, 0.1) is 0 Å². The Morgan fingerprint density at radius 2 is 0.847 bits per heavy atom. The van der Waals surface area contributed by atoms with Crippen LogP contribution in [0.2, 0.25) is 0 Å². The summed E-state index contributed by atoms with van der Waals surface area (Å²) in [6.45, 7) is -0.667. The molecule has 59 heavy (non-hydrogen) atoms. The van der Waals surface area contributed by atoms with E-state index in [2.05, 4.69) is 0 Å². The van der Waals surface area contributed by atoms with E-state index in [0.717, 1.165) is 5.56 Å². The largest absolute Gasteiger partial charge is 0.459 e. The molecule has 5 aromatic carbocycles. The minimum absolute atomic E-state index is 0.0387. The summed E-state index contributed by atoms with van der Waals surface area (Å²) in [5.41, 5.74) is 1.93. The molecule has 0 bridgehead atoms. The Bertz CT molecular complexity index is 2120. The molecule has 304 valence electrons. The average Bonchev–Trinajstić information content (AvgIpc) is 3.80. The number of rotatable bonds is 16. The van der Waals surface area contributed by atoms with Gasteiger partial charge in [-0.05, 0) is 54.1 Å². The van der Waals surface area contributed by atoms with Gasteiger partial charge < -0.3 is 42.6 Å². The Balaban J connectivity index is 1.21. The van der Waals surface area contributed by atoms with Crippen LogP contribution < -0.4 is 0 Å². The first kappa shape index (κ1) is 41.0. The molecule has 0 unspecified atom stereocenters. The van der Waals surface area contributed by atoms with Crippen LogP contribution in [0.3, 0.4) is 0 Å². The van der Waals surface area contributed by atoms with Crippen LogP contribution in [0.1, 0.15) is 47.0 Å². The summed E-state index contributed by atoms with van der Waals surface area (Å²) < 4.78 is 55.0. The number of esters is 4. The lowest BCUT2D eigenvalue weighted by Gasteiger charge is -2.29. The van der Waals surface area contributed by atoms with Gasteiger partial charge in [-0.1, -0.05) is 103 Å². The second kappa shape index (κ2) is 20.0. The van der Waals surface area contributed by atoms with Crippen LogP contribution in [0.4, 0.5) is 0 Å². The topological polar surface area (TPSA) is 151 Å². The van der Waals surface area contributed by atoms with E-state index >= 15 is 0 Å². The number of ether oxygens (including phenoxy) is 9. The third-order valence-corrected chi connectivity index (χ3v) is 9.63. The Morgan fingerprint density at radius 1 is 0.458 bits per heavy atom. The first-order valence-electron chi connectivity index (χ1n) is 19.0. The van der Waals surface area contributed by atoms with E-state index in [9.17, 15) is 19.2 Å². The highest BCUT2D eigenvalue weighted by molar-refractivity contribution is 5.91. The van der Waals surface area contributed by atoms with Gasteiger partial charge in [-0.2, -0.15) is 0 Å². The van der Waals surface area contributed by atoms with Gasteiger partial charge in [0.25, 0.3) is 0 Å². The fraction of sp³-hybridized carbons (Fsp3) is 0.261. The van der Waals surface area contributed by atoms with Gasteiger partial charge in [0.05, 0.1) is 28.9 Å². The van der Waals surface area contributed by atoms with Crippen LogP contribution in [0.25, 0.3) is 0 Å². The van der Waals surface area contributed by atoms with Crippen molar-refractivity contribution in [3.8, 4) is 0 Å². The van der Waals surface area contributed by atoms with Crippen molar-refractivity contribution >= 4 is 23.9 Å². The standard InChI is InChI=1S/C46H42O13/c1-51-45-40(58-44(50)34-25-15-6-16-26-34)38(36(55-45)29-54-42(48)32-21-11-4-12-22-32)59-46-39(52-27-30-17-7-2-8-18-30)37(57-43(49)33-23-13-5-14-24-33)35(56-46)28-53-41(47)31-19-9-3-10-20-31/h2-26,35-40,45-46H,27-29H2,1H3/t35-,36-,37-,38-,39+,40+,45+,46-/m1/s1. The fourth-order valence-electron chi connectivity index (χ4n) is 6.64. The van der Waals surface area contributed by atoms with E-state index in [-0.39, 0.29) is 30.9 Å². The number of hydrogen-bond donors (Lipinski definition) is 0. The number of carbonyl (C=O) groups excluding carboxylic acids is 4. The molecule has 2 aliphatic rings. The lowest BCUT2D eigenvalue weighted by Crippen LogP contribution is -2.47.